The number of hydrogen-bond donors (Lipinski definition) is 1. The van der Waals surface area contributed by atoms with Crippen molar-refractivity contribution in [1.29, 1.82) is 0 Å². The molecule has 0 saturated heterocycles. The molecule has 1 saturated carbocycles. The summed E-state index contributed by atoms with van der Waals surface area (Å²) in [4.78, 5) is 4.77. The fourth-order valence-electron chi connectivity index (χ4n) is 2.53. The normalized spacial score (nSPS) is 15.3. The van der Waals surface area contributed by atoms with Crippen LogP contribution in [0.3, 0.4) is 0 Å². The Morgan fingerprint density at radius 3 is 2.62 bits per heavy atom. The van der Waals surface area contributed by atoms with Crippen molar-refractivity contribution >= 4 is 0 Å². The lowest BCUT2D eigenvalue weighted by atomic mass is 10.2. The zero-order valence-corrected chi connectivity index (χ0v) is 14.1. The minimum Gasteiger partial charge on any atom is -0.465 e. The van der Waals surface area contributed by atoms with Gasteiger partial charge in [-0.2, -0.15) is 0 Å². The molecule has 1 aliphatic rings. The number of rotatable bonds is 10. The third-order valence-electron chi connectivity index (χ3n) is 4.01. The number of nitrogens with one attached hydrogen (secondary N) is 1. The van der Waals surface area contributed by atoms with E-state index in [1.165, 1.54) is 24.8 Å². The summed E-state index contributed by atoms with van der Waals surface area (Å²) < 4.78 is 5.90. The van der Waals surface area contributed by atoms with Gasteiger partial charge in [-0.25, -0.2) is 0 Å². The lowest BCUT2D eigenvalue weighted by Crippen LogP contribution is -2.32. The summed E-state index contributed by atoms with van der Waals surface area (Å²) in [5.41, 5.74) is 1.34. The predicted molar refractivity (Wildman–Crippen MR) is 87.4 cm³/mol. The monoisotopic (exact) mass is 293 g/mol. The molecule has 4 nitrogen and oxygen atoms in total. The van der Waals surface area contributed by atoms with Gasteiger partial charge >= 0.3 is 0 Å². The smallest absolute Gasteiger partial charge is 0.118 e. The fourth-order valence-corrected chi connectivity index (χ4v) is 2.53. The number of hydrogen-bond acceptors (Lipinski definition) is 4. The van der Waals surface area contributed by atoms with Gasteiger partial charge in [0.05, 0.1) is 6.54 Å². The van der Waals surface area contributed by atoms with Gasteiger partial charge in [0.1, 0.15) is 11.5 Å². The Bertz CT molecular complexity index is 424. The van der Waals surface area contributed by atoms with Crippen molar-refractivity contribution in [3.63, 3.8) is 0 Å². The first kappa shape index (κ1) is 16.5. The molecule has 0 amide bonds. The second kappa shape index (κ2) is 7.97. The molecule has 1 aliphatic carbocycles. The van der Waals surface area contributed by atoms with E-state index < -0.39 is 0 Å². The Labute approximate surface area is 129 Å². The van der Waals surface area contributed by atoms with Crippen LogP contribution in [0.4, 0.5) is 0 Å². The molecular weight excluding hydrogens is 262 g/mol. The van der Waals surface area contributed by atoms with Gasteiger partial charge in [-0.15, -0.1) is 0 Å². The summed E-state index contributed by atoms with van der Waals surface area (Å²) in [6, 6.07) is 2.97. The third kappa shape index (κ3) is 5.81. The number of likely N-dealkylation sites (N-methyl/N-ethyl adjacent to an activating group) is 1. The van der Waals surface area contributed by atoms with Crippen LogP contribution in [-0.4, -0.2) is 49.6 Å². The zero-order chi connectivity index (χ0) is 15.2. The van der Waals surface area contributed by atoms with E-state index in [-0.39, 0.29) is 0 Å². The van der Waals surface area contributed by atoms with Crippen molar-refractivity contribution in [3.8, 4) is 0 Å². The first-order chi connectivity index (χ1) is 10.1. The first-order valence-electron chi connectivity index (χ1n) is 8.27. The molecule has 1 fully saturated rings. The molecule has 0 unspecified atom stereocenters. The van der Waals surface area contributed by atoms with Crippen molar-refractivity contribution < 1.29 is 4.42 Å². The summed E-state index contributed by atoms with van der Waals surface area (Å²) >= 11 is 0. The van der Waals surface area contributed by atoms with Gasteiger partial charge in [0.25, 0.3) is 0 Å². The molecular formula is C17H31N3O. The van der Waals surface area contributed by atoms with Crippen LogP contribution in [0.5, 0.6) is 0 Å². The van der Waals surface area contributed by atoms with E-state index in [4.69, 9.17) is 4.42 Å². The van der Waals surface area contributed by atoms with E-state index in [0.29, 0.717) is 0 Å². The highest BCUT2D eigenvalue weighted by atomic mass is 16.3. The Morgan fingerprint density at radius 1 is 1.24 bits per heavy atom. The van der Waals surface area contributed by atoms with Crippen molar-refractivity contribution in [1.82, 2.24) is 15.1 Å². The Hall–Kier alpha value is -0.840. The van der Waals surface area contributed by atoms with Gasteiger partial charge in [0, 0.05) is 31.2 Å². The minimum absolute atomic E-state index is 0.732. The molecule has 0 atom stereocenters. The molecule has 1 aromatic rings. The highest BCUT2D eigenvalue weighted by molar-refractivity contribution is 5.21. The number of furan rings is 1. The second-order valence-corrected chi connectivity index (χ2v) is 6.53. The zero-order valence-electron chi connectivity index (χ0n) is 14.1. The molecule has 4 heteroatoms. The fraction of sp³-hybridized carbons (Fsp3) is 0.765. The molecule has 0 radical (unpaired) electrons. The largest absolute Gasteiger partial charge is 0.465 e. The molecule has 2 rings (SSSR count). The predicted octanol–water partition coefficient (Wildman–Crippen LogP) is 2.61. The Kier molecular flexibility index (Phi) is 6.27. The van der Waals surface area contributed by atoms with Gasteiger partial charge < -0.3 is 14.6 Å². The maximum absolute atomic E-state index is 5.90. The number of aryl methyl sites for hydroxylation is 1. The molecule has 0 bridgehead atoms. The summed E-state index contributed by atoms with van der Waals surface area (Å²) in [6.45, 7) is 9.57. The Morgan fingerprint density at radius 2 is 2.00 bits per heavy atom. The van der Waals surface area contributed by atoms with E-state index in [2.05, 4.69) is 49.1 Å². The van der Waals surface area contributed by atoms with Crippen LogP contribution in [0.1, 0.15) is 43.3 Å². The SMILES string of the molecule is CCCN(CCN(C)C)Cc1cc(CNC2CC2)oc1C. The van der Waals surface area contributed by atoms with Crippen molar-refractivity contribution in [3.05, 3.63) is 23.2 Å². The van der Waals surface area contributed by atoms with Crippen LogP contribution < -0.4 is 5.32 Å². The van der Waals surface area contributed by atoms with Gasteiger partial charge in [-0.1, -0.05) is 6.92 Å². The molecule has 1 aromatic heterocycles. The van der Waals surface area contributed by atoms with E-state index >= 15 is 0 Å². The number of nitrogens with zero attached hydrogens (tertiary/aromatic N) is 2. The summed E-state index contributed by atoms with van der Waals surface area (Å²) in [5.74, 6) is 2.16. The van der Waals surface area contributed by atoms with Crippen LogP contribution in [-0.2, 0) is 13.1 Å². The van der Waals surface area contributed by atoms with E-state index in [1.54, 1.807) is 0 Å². The van der Waals surface area contributed by atoms with Crippen molar-refractivity contribution in [2.24, 2.45) is 0 Å². The lowest BCUT2D eigenvalue weighted by Gasteiger charge is -2.23. The van der Waals surface area contributed by atoms with Crippen LogP contribution in [0.2, 0.25) is 0 Å². The third-order valence-corrected chi connectivity index (χ3v) is 4.01. The van der Waals surface area contributed by atoms with Crippen LogP contribution in [0.25, 0.3) is 0 Å². The second-order valence-electron chi connectivity index (χ2n) is 6.53. The molecule has 120 valence electrons. The highest BCUT2D eigenvalue weighted by Crippen LogP contribution is 2.21. The van der Waals surface area contributed by atoms with Crippen LogP contribution >= 0.6 is 0 Å². The summed E-state index contributed by atoms with van der Waals surface area (Å²) in [6.07, 6.45) is 3.84. The molecule has 0 aromatic carbocycles. The van der Waals surface area contributed by atoms with Gasteiger partial charge in [-0.3, -0.25) is 4.90 Å². The molecule has 0 aliphatic heterocycles. The van der Waals surface area contributed by atoms with Gasteiger partial charge in [0.2, 0.25) is 0 Å². The van der Waals surface area contributed by atoms with Crippen molar-refractivity contribution in [2.75, 3.05) is 33.7 Å². The lowest BCUT2D eigenvalue weighted by molar-refractivity contribution is 0.233. The first-order valence-corrected chi connectivity index (χ1v) is 8.27. The average molecular weight is 293 g/mol. The Balaban J connectivity index is 1.88. The van der Waals surface area contributed by atoms with E-state index in [9.17, 15) is 0 Å². The van der Waals surface area contributed by atoms with Gasteiger partial charge in [0.15, 0.2) is 0 Å². The maximum atomic E-state index is 5.90. The molecule has 0 spiro atoms. The van der Waals surface area contributed by atoms with Crippen molar-refractivity contribution in [2.45, 2.75) is 52.2 Å². The van der Waals surface area contributed by atoms with Crippen LogP contribution in [0.15, 0.2) is 10.5 Å². The standard InChI is InChI=1S/C17H31N3O/c1-5-8-20(10-9-19(3)4)13-15-11-17(21-14(15)2)12-18-16-6-7-16/h11,16,18H,5-10,12-13H2,1-4H3. The average Bonchev–Trinajstić information content (AvgIpc) is 3.19. The van der Waals surface area contributed by atoms with Crippen LogP contribution in [0, 0.1) is 6.92 Å². The van der Waals surface area contributed by atoms with E-state index in [0.717, 1.165) is 50.3 Å². The molecule has 1 heterocycles. The summed E-state index contributed by atoms with van der Waals surface area (Å²) in [7, 11) is 4.27. The molecule has 21 heavy (non-hydrogen) atoms. The summed E-state index contributed by atoms with van der Waals surface area (Å²) in [5, 5.41) is 3.52. The van der Waals surface area contributed by atoms with E-state index in [1.807, 2.05) is 0 Å². The maximum Gasteiger partial charge on any atom is 0.118 e. The topological polar surface area (TPSA) is 31.6 Å². The highest BCUT2D eigenvalue weighted by Gasteiger charge is 2.21. The molecule has 1 N–H and O–H groups in total. The minimum atomic E-state index is 0.732. The van der Waals surface area contributed by atoms with Gasteiger partial charge in [-0.05, 0) is 52.9 Å². The quantitative estimate of drug-likeness (QED) is 0.718.